The van der Waals surface area contributed by atoms with E-state index in [-0.39, 0.29) is 5.28 Å². The Bertz CT molecular complexity index is 607. The van der Waals surface area contributed by atoms with Crippen LogP contribution >= 0.6 is 23.5 Å². The number of morpholine rings is 1. The molecule has 0 amide bonds. The van der Waals surface area contributed by atoms with Crippen molar-refractivity contribution < 1.29 is 4.74 Å². The summed E-state index contributed by atoms with van der Waals surface area (Å²) >= 11 is 7.98. The third-order valence-corrected chi connectivity index (χ3v) is 5.54. The van der Waals surface area contributed by atoms with Crippen LogP contribution in [0.25, 0.3) is 0 Å². The Morgan fingerprint density at radius 3 is 2.64 bits per heavy atom. The predicted molar refractivity (Wildman–Crippen MR) is 105 cm³/mol. The molecule has 0 atom stereocenters. The first kappa shape index (κ1) is 18.7. The Balaban J connectivity index is 1.76. The number of aromatic nitrogens is 2. The molecule has 7 nitrogen and oxygen atoms in total. The van der Waals surface area contributed by atoms with Crippen molar-refractivity contribution in [1.29, 1.82) is 0 Å². The molecule has 3 heterocycles. The molecular weight excluding hydrogens is 360 g/mol. The minimum atomic E-state index is 0.282. The molecule has 0 aliphatic carbocycles. The van der Waals surface area contributed by atoms with Crippen LogP contribution in [-0.4, -0.2) is 79.4 Å². The lowest BCUT2D eigenvalue weighted by molar-refractivity contribution is 0.122. The molecule has 9 heteroatoms. The molecule has 0 spiro atoms. The highest BCUT2D eigenvalue weighted by molar-refractivity contribution is 8.00. The predicted octanol–water partition coefficient (Wildman–Crippen LogP) is 2.15. The van der Waals surface area contributed by atoms with Gasteiger partial charge in [0, 0.05) is 31.6 Å². The van der Waals surface area contributed by atoms with Crippen molar-refractivity contribution in [3.63, 3.8) is 0 Å². The highest BCUT2D eigenvalue weighted by atomic mass is 35.5. The lowest BCUT2D eigenvalue weighted by Gasteiger charge is -2.32. The van der Waals surface area contributed by atoms with Crippen LogP contribution in [0.5, 0.6) is 0 Å². The van der Waals surface area contributed by atoms with Gasteiger partial charge in [-0.2, -0.15) is 9.97 Å². The van der Waals surface area contributed by atoms with E-state index in [1.54, 1.807) is 11.9 Å². The molecule has 1 fully saturated rings. The van der Waals surface area contributed by atoms with Crippen LogP contribution in [-0.2, 0) is 4.74 Å². The maximum atomic E-state index is 6.23. The third-order valence-electron chi connectivity index (χ3n) is 4.40. The van der Waals surface area contributed by atoms with Gasteiger partial charge in [-0.05, 0) is 36.6 Å². The molecule has 138 valence electrons. The van der Waals surface area contributed by atoms with Gasteiger partial charge in [-0.25, -0.2) is 0 Å². The summed E-state index contributed by atoms with van der Waals surface area (Å²) in [5, 5.41) is 0.282. The van der Waals surface area contributed by atoms with Gasteiger partial charge in [-0.3, -0.25) is 9.30 Å². The molecule has 0 bridgehead atoms. The van der Waals surface area contributed by atoms with E-state index in [0.717, 1.165) is 55.7 Å². The summed E-state index contributed by atoms with van der Waals surface area (Å²) < 4.78 is 7.56. The van der Waals surface area contributed by atoms with E-state index < -0.39 is 0 Å². The SMILES string of the molecule is CCN(CC)CCSN1CN=Cc2c(N3CCOCC3)nc(Cl)nc21. The summed E-state index contributed by atoms with van der Waals surface area (Å²) in [4.78, 5) is 18.1. The van der Waals surface area contributed by atoms with Gasteiger partial charge < -0.3 is 14.5 Å². The van der Waals surface area contributed by atoms with E-state index >= 15 is 0 Å². The second kappa shape index (κ2) is 9.02. The molecule has 0 unspecified atom stereocenters. The summed E-state index contributed by atoms with van der Waals surface area (Å²) in [7, 11) is 0. The van der Waals surface area contributed by atoms with Gasteiger partial charge in [-0.15, -0.1) is 0 Å². The summed E-state index contributed by atoms with van der Waals surface area (Å²) in [6.07, 6.45) is 1.87. The van der Waals surface area contributed by atoms with Gasteiger partial charge in [0.1, 0.15) is 12.5 Å². The van der Waals surface area contributed by atoms with Gasteiger partial charge in [0.05, 0.1) is 18.8 Å². The van der Waals surface area contributed by atoms with Crippen molar-refractivity contribution in [3.8, 4) is 0 Å². The standard InChI is InChI=1S/C16H25ClN6OS/c1-3-21(4-2)7-10-25-23-12-18-11-13-14(19-16(17)20-15(13)23)22-5-8-24-9-6-22/h11H,3-10,12H2,1-2H3. The normalized spacial score (nSPS) is 17.3. The van der Waals surface area contributed by atoms with E-state index in [4.69, 9.17) is 16.3 Å². The Morgan fingerprint density at radius 1 is 1.20 bits per heavy atom. The number of fused-ring (bicyclic) bond motifs is 1. The van der Waals surface area contributed by atoms with Crippen molar-refractivity contribution in [2.75, 3.05) is 67.6 Å². The second-order valence-electron chi connectivity index (χ2n) is 5.84. The molecule has 0 saturated carbocycles. The number of nitrogens with zero attached hydrogens (tertiary/aromatic N) is 6. The molecule has 1 saturated heterocycles. The minimum Gasteiger partial charge on any atom is -0.378 e. The summed E-state index contributed by atoms with van der Waals surface area (Å²) in [5.74, 6) is 2.71. The number of hydrogen-bond donors (Lipinski definition) is 0. The Kier molecular flexibility index (Phi) is 6.75. The van der Waals surface area contributed by atoms with Crippen molar-refractivity contribution in [2.24, 2.45) is 4.99 Å². The molecule has 0 radical (unpaired) electrons. The van der Waals surface area contributed by atoms with Crippen molar-refractivity contribution >= 4 is 41.4 Å². The van der Waals surface area contributed by atoms with Gasteiger partial charge in [0.15, 0.2) is 5.82 Å². The highest BCUT2D eigenvalue weighted by Gasteiger charge is 2.25. The topological polar surface area (TPSA) is 57.1 Å². The molecule has 1 aromatic heterocycles. The summed E-state index contributed by atoms with van der Waals surface area (Å²) in [5.41, 5.74) is 0.952. The van der Waals surface area contributed by atoms with Crippen molar-refractivity contribution in [2.45, 2.75) is 13.8 Å². The quantitative estimate of drug-likeness (QED) is 0.527. The maximum Gasteiger partial charge on any atom is 0.226 e. The largest absolute Gasteiger partial charge is 0.378 e. The zero-order valence-electron chi connectivity index (χ0n) is 14.8. The van der Waals surface area contributed by atoms with Crippen LogP contribution in [0, 0.1) is 0 Å². The number of rotatable bonds is 7. The zero-order valence-corrected chi connectivity index (χ0v) is 16.4. The molecular formula is C16H25ClN6OS. The van der Waals surface area contributed by atoms with Crippen LogP contribution in [0.2, 0.25) is 5.28 Å². The lowest BCUT2D eigenvalue weighted by atomic mass is 10.2. The average molecular weight is 385 g/mol. The third kappa shape index (κ3) is 4.55. The molecule has 0 aromatic carbocycles. The fourth-order valence-electron chi connectivity index (χ4n) is 2.94. The van der Waals surface area contributed by atoms with Crippen LogP contribution in [0.15, 0.2) is 4.99 Å². The second-order valence-corrected chi connectivity index (χ2v) is 7.29. The smallest absolute Gasteiger partial charge is 0.226 e. The van der Waals surface area contributed by atoms with E-state index in [1.807, 2.05) is 6.21 Å². The number of ether oxygens (including phenoxy) is 1. The summed E-state index contributed by atoms with van der Waals surface area (Å²) in [6.45, 7) is 11.2. The van der Waals surface area contributed by atoms with E-state index in [0.29, 0.717) is 19.9 Å². The monoisotopic (exact) mass is 384 g/mol. The molecule has 2 aliphatic rings. The molecule has 1 aromatic rings. The van der Waals surface area contributed by atoms with Gasteiger partial charge >= 0.3 is 0 Å². The number of aliphatic imine (C=N–C) groups is 1. The highest BCUT2D eigenvalue weighted by Crippen LogP contribution is 2.33. The minimum absolute atomic E-state index is 0.282. The molecule has 0 N–H and O–H groups in total. The zero-order chi connectivity index (χ0) is 17.6. The van der Waals surface area contributed by atoms with Crippen LogP contribution in [0.3, 0.4) is 0 Å². The Labute approximate surface area is 158 Å². The first-order chi connectivity index (χ1) is 12.2. The fraction of sp³-hybridized carbons (Fsp3) is 0.688. The summed E-state index contributed by atoms with van der Waals surface area (Å²) in [6, 6.07) is 0. The Morgan fingerprint density at radius 2 is 1.92 bits per heavy atom. The van der Waals surface area contributed by atoms with Gasteiger partial charge in [0.25, 0.3) is 0 Å². The Hall–Kier alpha value is -1.09. The van der Waals surface area contributed by atoms with E-state index in [2.05, 4.69) is 42.9 Å². The molecule has 3 rings (SSSR count). The average Bonchev–Trinajstić information content (AvgIpc) is 2.65. The first-order valence-electron chi connectivity index (χ1n) is 8.75. The number of halogens is 1. The molecule has 2 aliphatic heterocycles. The van der Waals surface area contributed by atoms with Crippen molar-refractivity contribution in [3.05, 3.63) is 10.8 Å². The van der Waals surface area contributed by atoms with Gasteiger partial charge in [-0.1, -0.05) is 13.8 Å². The number of hydrogen-bond acceptors (Lipinski definition) is 8. The van der Waals surface area contributed by atoms with Crippen LogP contribution in [0.1, 0.15) is 19.4 Å². The maximum absolute atomic E-state index is 6.23. The first-order valence-corrected chi connectivity index (χ1v) is 10.1. The fourth-order valence-corrected chi connectivity index (χ4v) is 4.07. The molecule has 25 heavy (non-hydrogen) atoms. The van der Waals surface area contributed by atoms with Crippen LogP contribution < -0.4 is 9.21 Å². The van der Waals surface area contributed by atoms with Gasteiger partial charge in [0.2, 0.25) is 5.28 Å². The van der Waals surface area contributed by atoms with Crippen molar-refractivity contribution in [1.82, 2.24) is 14.9 Å². The van der Waals surface area contributed by atoms with Crippen LogP contribution in [0.4, 0.5) is 11.6 Å². The van der Waals surface area contributed by atoms with E-state index in [9.17, 15) is 0 Å². The number of anilines is 2. The van der Waals surface area contributed by atoms with E-state index in [1.165, 1.54) is 0 Å². The lowest BCUT2D eigenvalue weighted by Crippen LogP contribution is -2.38.